The number of hydrogen-bond acceptors (Lipinski definition) is 17. The maximum Gasteiger partial charge on any atom is 0.315 e. The van der Waals surface area contributed by atoms with Crippen LogP contribution in [0.3, 0.4) is 0 Å². The molecule has 1 aromatic rings. The van der Waals surface area contributed by atoms with Gasteiger partial charge in [0.1, 0.15) is 42.2 Å². The quantitative estimate of drug-likeness (QED) is 0.0829. The molecule has 0 aromatic heterocycles. The number of amides is 1. The van der Waals surface area contributed by atoms with Crippen molar-refractivity contribution in [2.24, 2.45) is 17.8 Å². The van der Waals surface area contributed by atoms with Crippen LogP contribution in [0.15, 0.2) is 30.3 Å². The van der Waals surface area contributed by atoms with E-state index in [4.69, 9.17) is 37.9 Å². The number of hydrogen-bond donors (Lipinski definition) is 3. The summed E-state index contributed by atoms with van der Waals surface area (Å²) in [5.74, 6) is -4.11. The summed E-state index contributed by atoms with van der Waals surface area (Å²) in [4.78, 5) is 68.7. The zero-order valence-electron chi connectivity index (χ0n) is 42.0. The molecule has 386 valence electrons. The number of carbonyl (C=O) groups excluding carboxylic acids is 5. The molecule has 0 bridgehead atoms. The molecule has 18 nitrogen and oxygen atoms in total. The van der Waals surface area contributed by atoms with Gasteiger partial charge in [0.05, 0.1) is 43.5 Å². The second-order valence-electron chi connectivity index (χ2n) is 19.1. The lowest BCUT2D eigenvalue weighted by Crippen LogP contribution is -2.66. The molecular weight excluding hydrogens is 883 g/mol. The zero-order chi connectivity index (χ0) is 50.1. The molecule has 0 radical (unpaired) electrons. The molecule has 0 unspecified atom stereocenters. The lowest BCUT2D eigenvalue weighted by atomic mass is 9.79. The molecule has 68 heavy (non-hydrogen) atoms. The molecule has 3 fully saturated rings. The van der Waals surface area contributed by atoms with Gasteiger partial charge in [0.15, 0.2) is 12.6 Å². The summed E-state index contributed by atoms with van der Waals surface area (Å²) >= 11 is 0. The fourth-order valence-electron chi connectivity index (χ4n) is 10.1. The highest BCUT2D eigenvalue weighted by molar-refractivity contribution is 5.77. The second-order valence-corrected chi connectivity index (χ2v) is 19.1. The first kappa shape index (κ1) is 57.0. The zero-order valence-corrected chi connectivity index (χ0v) is 42.0. The summed E-state index contributed by atoms with van der Waals surface area (Å²) in [5.41, 5.74) is -0.0897. The molecule has 3 N–H and O–H groups in total. The molecule has 3 saturated heterocycles. The molecule has 0 saturated carbocycles. The van der Waals surface area contributed by atoms with Crippen molar-refractivity contribution in [3.63, 3.8) is 0 Å². The number of aldehydes is 1. The number of carbonyl (C=O) groups is 5. The number of aliphatic hydroxyl groups is 2. The highest BCUT2D eigenvalue weighted by Crippen LogP contribution is 2.41. The largest absolute Gasteiger partial charge is 0.466 e. The molecule has 3 heterocycles. The molecule has 15 atom stereocenters. The SMILES string of the molecule is CCOC(=O)[C@H]1[C@H](C)O[C@@H](O[C@H]2[C@H](N(C)C)[C@@H](O)[C@H](O[C@H]3[C@@H](CC=O)C[C@@H](C)[C@@H](O)CN(CCCCc4ccccc4)CCCNC(=O)C[C@@H](OC(=O)CC)[C@@H]3OC)O[C@@H]2C)C[C@@]1(C)OC(C)=O. The predicted octanol–water partition coefficient (Wildman–Crippen LogP) is 3.59. The Kier molecular flexibility index (Phi) is 23.2. The average molecular weight is 964 g/mol. The molecule has 0 aliphatic carbocycles. The summed E-state index contributed by atoms with van der Waals surface area (Å²) in [5, 5.41) is 27.1. The van der Waals surface area contributed by atoms with E-state index < -0.39 is 103 Å². The first-order valence-electron chi connectivity index (χ1n) is 24.6. The van der Waals surface area contributed by atoms with Crippen molar-refractivity contribution in [1.82, 2.24) is 15.1 Å². The van der Waals surface area contributed by atoms with Crippen LogP contribution in [0.25, 0.3) is 0 Å². The number of aliphatic hydroxyl groups excluding tert-OH is 2. The highest BCUT2D eigenvalue weighted by atomic mass is 16.7. The maximum absolute atomic E-state index is 13.7. The van der Waals surface area contributed by atoms with Crippen molar-refractivity contribution in [1.29, 1.82) is 0 Å². The Morgan fingerprint density at radius 3 is 2.35 bits per heavy atom. The van der Waals surface area contributed by atoms with Crippen LogP contribution >= 0.6 is 0 Å². The highest BCUT2D eigenvalue weighted by Gasteiger charge is 2.55. The van der Waals surface area contributed by atoms with E-state index in [2.05, 4.69) is 22.3 Å². The summed E-state index contributed by atoms with van der Waals surface area (Å²) in [6.07, 6.45) is -6.38. The first-order valence-corrected chi connectivity index (χ1v) is 24.6. The molecule has 0 spiro atoms. The Bertz CT molecular complexity index is 1720. The number of esters is 3. The van der Waals surface area contributed by atoms with Gasteiger partial charge in [0.2, 0.25) is 5.91 Å². The van der Waals surface area contributed by atoms with E-state index in [9.17, 15) is 34.2 Å². The second kappa shape index (κ2) is 27.7. The van der Waals surface area contributed by atoms with E-state index in [1.54, 1.807) is 53.6 Å². The van der Waals surface area contributed by atoms with Crippen LogP contribution in [0.5, 0.6) is 0 Å². The number of β-amino-alcohol motifs (C(OH)–C–C–N with tert-alkyl or cyclic N) is 1. The minimum absolute atomic E-state index is 0.0170. The van der Waals surface area contributed by atoms with E-state index in [-0.39, 0.29) is 50.5 Å². The average Bonchev–Trinajstić information content (AvgIpc) is 3.27. The van der Waals surface area contributed by atoms with Gasteiger partial charge in [0, 0.05) is 46.4 Å². The molecule has 1 aromatic carbocycles. The van der Waals surface area contributed by atoms with Crippen LogP contribution in [-0.2, 0) is 68.3 Å². The minimum atomic E-state index is -1.41. The van der Waals surface area contributed by atoms with E-state index in [1.807, 2.05) is 25.1 Å². The predicted molar refractivity (Wildman–Crippen MR) is 250 cm³/mol. The maximum atomic E-state index is 13.7. The molecule has 1 amide bonds. The third-order valence-electron chi connectivity index (χ3n) is 13.5. The Labute approximate surface area is 403 Å². The monoisotopic (exact) mass is 964 g/mol. The summed E-state index contributed by atoms with van der Waals surface area (Å²) < 4.78 is 49.3. The van der Waals surface area contributed by atoms with Gasteiger partial charge in [-0.2, -0.15) is 0 Å². The van der Waals surface area contributed by atoms with E-state index in [1.165, 1.54) is 19.6 Å². The molecule has 3 aliphatic heterocycles. The van der Waals surface area contributed by atoms with Gasteiger partial charge in [-0.05, 0) is 104 Å². The Balaban J connectivity index is 1.64. The van der Waals surface area contributed by atoms with Gasteiger partial charge in [-0.25, -0.2) is 0 Å². The van der Waals surface area contributed by atoms with Crippen molar-refractivity contribution >= 4 is 30.1 Å². The van der Waals surface area contributed by atoms with Crippen LogP contribution in [-0.4, -0.2) is 177 Å². The lowest BCUT2D eigenvalue weighted by Gasteiger charge is -2.50. The molecule has 3 aliphatic rings. The smallest absolute Gasteiger partial charge is 0.315 e. The van der Waals surface area contributed by atoms with Crippen molar-refractivity contribution in [2.75, 3.05) is 54.0 Å². The fraction of sp³-hybridized carbons (Fsp3) is 0.780. The van der Waals surface area contributed by atoms with E-state index >= 15 is 0 Å². The number of nitrogens with zero attached hydrogens (tertiary/aromatic N) is 2. The van der Waals surface area contributed by atoms with Crippen molar-refractivity contribution in [3.8, 4) is 0 Å². The summed E-state index contributed by atoms with van der Waals surface area (Å²) in [7, 11) is 4.92. The van der Waals surface area contributed by atoms with Crippen LogP contribution in [0.2, 0.25) is 0 Å². The standard InChI is InChI=1S/C50H81N3O15/c1-11-40(58)65-38-28-39(57)51-23-18-25-53(24-17-16-21-35-19-14-13-15-20-35)30-37(56)31(3)27-36(22-26-54)46(47(38)61-10)67-49-44(59)43(52(8)9)45(33(5)64-49)66-41-29-50(7,68-34(6)55)42(32(4)63-41)48(60)62-12-2/h13-15,19-20,26,31-33,36-38,41-47,49,56,59H,11-12,16-18,21-25,27-30H2,1-10H3,(H,51,57)/t31-,32+,33-,36+,37+,38-,41+,42-,43-,44-,45-,46+,47+,49+,50-/m1/s1. The number of methoxy groups -OCH3 is 1. The number of nitrogens with one attached hydrogen (secondary N) is 1. The molecular formula is C50H81N3O15. The van der Waals surface area contributed by atoms with Crippen LogP contribution in [0, 0.1) is 17.8 Å². The Hall–Kier alpha value is -3.59. The number of benzene rings is 1. The number of likely N-dealkylation sites (N-methyl/N-ethyl adjacent to an activating group) is 1. The summed E-state index contributed by atoms with van der Waals surface area (Å²) in [6, 6.07) is 9.49. The molecule has 4 rings (SSSR count). The number of unbranched alkanes of at least 4 members (excludes halogenated alkanes) is 1. The van der Waals surface area contributed by atoms with Crippen molar-refractivity contribution in [3.05, 3.63) is 35.9 Å². The van der Waals surface area contributed by atoms with Crippen molar-refractivity contribution < 1.29 is 72.1 Å². The van der Waals surface area contributed by atoms with Gasteiger partial charge >= 0.3 is 17.9 Å². The van der Waals surface area contributed by atoms with Crippen molar-refractivity contribution in [2.45, 2.75) is 179 Å². The third-order valence-corrected chi connectivity index (χ3v) is 13.5. The Morgan fingerprint density at radius 1 is 1.00 bits per heavy atom. The van der Waals surface area contributed by atoms with Gasteiger partial charge in [0.25, 0.3) is 0 Å². The molecule has 18 heteroatoms. The van der Waals surface area contributed by atoms with Crippen LogP contribution in [0.4, 0.5) is 0 Å². The van der Waals surface area contributed by atoms with Gasteiger partial charge in [-0.1, -0.05) is 44.2 Å². The van der Waals surface area contributed by atoms with E-state index in [0.717, 1.165) is 32.1 Å². The number of rotatable bonds is 18. The van der Waals surface area contributed by atoms with Gasteiger partial charge in [-0.15, -0.1) is 0 Å². The normalized spacial score (nSPS) is 34.8. The number of ether oxygens (including phenoxy) is 8. The topological polar surface area (TPSA) is 218 Å². The van der Waals surface area contributed by atoms with Crippen LogP contribution in [0.1, 0.15) is 105 Å². The fourth-order valence-corrected chi connectivity index (χ4v) is 10.1. The first-order chi connectivity index (χ1) is 32.4. The minimum Gasteiger partial charge on any atom is -0.466 e. The van der Waals surface area contributed by atoms with Crippen LogP contribution < -0.4 is 5.32 Å². The Morgan fingerprint density at radius 2 is 1.72 bits per heavy atom. The number of aryl methyl sites for hydroxylation is 1. The third kappa shape index (κ3) is 16.2. The lowest BCUT2D eigenvalue weighted by molar-refractivity contribution is -0.341. The van der Waals surface area contributed by atoms with Gasteiger partial charge in [-0.3, -0.25) is 19.2 Å². The van der Waals surface area contributed by atoms with Gasteiger partial charge < -0.3 is 68.0 Å². The summed E-state index contributed by atoms with van der Waals surface area (Å²) in [6.45, 7) is 13.8. The van der Waals surface area contributed by atoms with E-state index in [0.29, 0.717) is 26.1 Å².